The van der Waals surface area contributed by atoms with Gasteiger partial charge in [0.2, 0.25) is 0 Å². The van der Waals surface area contributed by atoms with Gasteiger partial charge in [-0.1, -0.05) is 18.5 Å². The quantitative estimate of drug-likeness (QED) is 0.858. The first-order valence-corrected chi connectivity index (χ1v) is 7.15. The van der Waals surface area contributed by atoms with Crippen molar-refractivity contribution in [2.45, 2.75) is 19.4 Å². The van der Waals surface area contributed by atoms with Gasteiger partial charge in [-0.2, -0.15) is 10.5 Å². The lowest BCUT2D eigenvalue weighted by molar-refractivity contribution is 0.216. The maximum Gasteiger partial charge on any atom is 0.0992 e. The van der Waals surface area contributed by atoms with Crippen LogP contribution in [0.25, 0.3) is 0 Å². The molecule has 1 fully saturated rings. The van der Waals surface area contributed by atoms with E-state index in [1.165, 1.54) is 0 Å². The van der Waals surface area contributed by atoms with Crippen LogP contribution in [0.4, 0.5) is 5.69 Å². The van der Waals surface area contributed by atoms with E-state index in [9.17, 15) is 0 Å². The molecule has 4 nitrogen and oxygen atoms in total. The van der Waals surface area contributed by atoms with Gasteiger partial charge in [0.15, 0.2) is 0 Å². The van der Waals surface area contributed by atoms with Gasteiger partial charge in [0.25, 0.3) is 0 Å². The minimum atomic E-state index is 0.00795. The van der Waals surface area contributed by atoms with Crippen molar-refractivity contribution in [3.63, 3.8) is 0 Å². The Kier molecular flexibility index (Phi) is 4.84. The van der Waals surface area contributed by atoms with Gasteiger partial charge < -0.3 is 4.90 Å². The van der Waals surface area contributed by atoms with Gasteiger partial charge in [-0.15, -0.1) is 0 Å². The van der Waals surface area contributed by atoms with Crippen molar-refractivity contribution in [2.24, 2.45) is 0 Å². The molecule has 1 aliphatic rings. The van der Waals surface area contributed by atoms with Crippen LogP contribution < -0.4 is 4.90 Å². The summed E-state index contributed by atoms with van der Waals surface area (Å²) < 4.78 is 0. The van der Waals surface area contributed by atoms with Crippen molar-refractivity contribution in [2.75, 3.05) is 31.1 Å². The van der Waals surface area contributed by atoms with E-state index >= 15 is 0 Å². The molecule has 1 aliphatic heterocycles. The van der Waals surface area contributed by atoms with Gasteiger partial charge >= 0.3 is 0 Å². The van der Waals surface area contributed by atoms with Gasteiger partial charge in [-0.25, -0.2) is 0 Å². The number of piperazine rings is 1. The molecule has 0 saturated carbocycles. The fraction of sp³-hybridized carbons (Fsp3) is 0.467. The lowest BCUT2D eigenvalue weighted by atomic mass is 10.1. The van der Waals surface area contributed by atoms with Crippen LogP contribution in [0.3, 0.4) is 0 Å². The first-order chi connectivity index (χ1) is 9.69. The number of benzene rings is 1. The zero-order valence-electron chi connectivity index (χ0n) is 11.5. The van der Waals surface area contributed by atoms with Crippen LogP contribution in [0.1, 0.15) is 18.9 Å². The molecule has 20 heavy (non-hydrogen) atoms. The van der Waals surface area contributed by atoms with E-state index < -0.39 is 0 Å². The van der Waals surface area contributed by atoms with E-state index in [-0.39, 0.29) is 6.04 Å². The second kappa shape index (κ2) is 6.61. The van der Waals surface area contributed by atoms with Gasteiger partial charge in [0, 0.05) is 26.2 Å². The summed E-state index contributed by atoms with van der Waals surface area (Å²) in [6.45, 7) is 5.47. The molecule has 1 aromatic rings. The summed E-state index contributed by atoms with van der Waals surface area (Å²) in [5.41, 5.74) is 1.54. The van der Waals surface area contributed by atoms with Crippen molar-refractivity contribution in [3.8, 4) is 12.1 Å². The van der Waals surface area contributed by atoms with Crippen LogP contribution >= 0.6 is 11.6 Å². The van der Waals surface area contributed by atoms with Crippen molar-refractivity contribution < 1.29 is 0 Å². The smallest absolute Gasteiger partial charge is 0.0992 e. The zero-order valence-corrected chi connectivity index (χ0v) is 12.3. The number of rotatable bonds is 3. The minimum absolute atomic E-state index is 0.00795. The van der Waals surface area contributed by atoms with Crippen molar-refractivity contribution >= 4 is 17.3 Å². The Balaban J connectivity index is 2.04. The first kappa shape index (κ1) is 14.7. The van der Waals surface area contributed by atoms with Crippen LogP contribution in [0.5, 0.6) is 0 Å². The molecule has 0 radical (unpaired) electrons. The Morgan fingerprint density at radius 1 is 1.25 bits per heavy atom. The molecule has 0 bridgehead atoms. The highest BCUT2D eigenvalue weighted by atomic mass is 35.5. The SMILES string of the molecule is CCC(C#N)N1CCN(c2ccc(C#N)cc2Cl)CC1. The Morgan fingerprint density at radius 2 is 1.95 bits per heavy atom. The van der Waals surface area contributed by atoms with Gasteiger partial charge in [0.05, 0.1) is 34.5 Å². The maximum absolute atomic E-state index is 9.11. The number of anilines is 1. The lowest BCUT2D eigenvalue weighted by Crippen LogP contribution is -2.50. The molecule has 1 unspecified atom stereocenters. The summed E-state index contributed by atoms with van der Waals surface area (Å²) in [5.74, 6) is 0. The van der Waals surface area contributed by atoms with E-state index in [0.717, 1.165) is 38.3 Å². The number of nitriles is 2. The molecule has 2 rings (SSSR count). The third kappa shape index (κ3) is 3.04. The van der Waals surface area contributed by atoms with Gasteiger partial charge in [-0.3, -0.25) is 4.90 Å². The second-order valence-electron chi connectivity index (χ2n) is 4.85. The lowest BCUT2D eigenvalue weighted by Gasteiger charge is -2.38. The fourth-order valence-corrected chi connectivity index (χ4v) is 2.84. The van der Waals surface area contributed by atoms with Crippen LogP contribution in [-0.2, 0) is 0 Å². The molecule has 104 valence electrons. The molecule has 1 aromatic carbocycles. The second-order valence-corrected chi connectivity index (χ2v) is 5.26. The predicted octanol–water partition coefficient (Wildman–Crippen LogP) is 2.64. The largest absolute Gasteiger partial charge is 0.368 e. The summed E-state index contributed by atoms with van der Waals surface area (Å²) in [5, 5.41) is 18.6. The topological polar surface area (TPSA) is 54.1 Å². The van der Waals surface area contributed by atoms with E-state index in [1.807, 2.05) is 13.0 Å². The number of hydrogen-bond donors (Lipinski definition) is 0. The number of halogens is 1. The molecule has 1 saturated heterocycles. The Labute approximate surface area is 124 Å². The fourth-order valence-electron chi connectivity index (χ4n) is 2.54. The summed E-state index contributed by atoms with van der Waals surface area (Å²) >= 11 is 6.24. The summed E-state index contributed by atoms with van der Waals surface area (Å²) in [6.07, 6.45) is 0.855. The maximum atomic E-state index is 9.11. The molecule has 0 amide bonds. The van der Waals surface area contributed by atoms with Crippen LogP contribution in [0.15, 0.2) is 18.2 Å². The van der Waals surface area contributed by atoms with Crippen LogP contribution in [0, 0.1) is 22.7 Å². The predicted molar refractivity (Wildman–Crippen MR) is 79.6 cm³/mol. The van der Waals surface area contributed by atoms with Gasteiger partial charge in [-0.05, 0) is 24.6 Å². The van der Waals surface area contributed by atoms with Crippen molar-refractivity contribution in [1.82, 2.24) is 4.90 Å². The Morgan fingerprint density at radius 3 is 2.45 bits per heavy atom. The molecule has 0 N–H and O–H groups in total. The van der Waals surface area contributed by atoms with E-state index in [2.05, 4.69) is 21.9 Å². The summed E-state index contributed by atoms with van der Waals surface area (Å²) in [4.78, 5) is 4.43. The molecule has 1 atom stereocenters. The molecular formula is C15H17ClN4. The number of nitrogens with zero attached hydrogens (tertiary/aromatic N) is 4. The average molecular weight is 289 g/mol. The third-order valence-electron chi connectivity index (χ3n) is 3.71. The number of hydrogen-bond acceptors (Lipinski definition) is 4. The minimum Gasteiger partial charge on any atom is -0.368 e. The van der Waals surface area contributed by atoms with Crippen LogP contribution in [0.2, 0.25) is 5.02 Å². The third-order valence-corrected chi connectivity index (χ3v) is 4.01. The summed E-state index contributed by atoms with van der Waals surface area (Å²) in [7, 11) is 0. The van der Waals surface area contributed by atoms with Gasteiger partial charge in [0.1, 0.15) is 0 Å². The van der Waals surface area contributed by atoms with Crippen LogP contribution in [-0.4, -0.2) is 37.1 Å². The monoisotopic (exact) mass is 288 g/mol. The van der Waals surface area contributed by atoms with E-state index in [0.29, 0.717) is 10.6 Å². The average Bonchev–Trinajstić information content (AvgIpc) is 2.49. The molecular weight excluding hydrogens is 272 g/mol. The molecule has 1 heterocycles. The highest BCUT2D eigenvalue weighted by Gasteiger charge is 2.23. The summed E-state index contributed by atoms with van der Waals surface area (Å²) in [6, 6.07) is 9.84. The Hall–Kier alpha value is -1.75. The molecule has 0 aliphatic carbocycles. The van der Waals surface area contributed by atoms with Crippen molar-refractivity contribution in [3.05, 3.63) is 28.8 Å². The van der Waals surface area contributed by atoms with Crippen molar-refractivity contribution in [1.29, 1.82) is 10.5 Å². The zero-order chi connectivity index (χ0) is 14.5. The normalized spacial score (nSPS) is 17.3. The highest BCUT2D eigenvalue weighted by Crippen LogP contribution is 2.28. The molecule has 0 aromatic heterocycles. The molecule has 0 spiro atoms. The van der Waals surface area contributed by atoms with E-state index in [4.69, 9.17) is 22.1 Å². The van der Waals surface area contributed by atoms with E-state index in [1.54, 1.807) is 12.1 Å². The Bertz CT molecular complexity index is 550. The standard InChI is InChI=1S/C15H17ClN4/c1-2-13(11-18)19-5-7-20(8-6-19)15-4-3-12(10-17)9-14(15)16/h3-4,9,13H,2,5-8H2,1H3. The molecule has 5 heteroatoms. The first-order valence-electron chi connectivity index (χ1n) is 6.77. The highest BCUT2D eigenvalue weighted by molar-refractivity contribution is 6.33.